The summed E-state index contributed by atoms with van der Waals surface area (Å²) in [6.45, 7) is -0.978. The minimum absolute atomic E-state index is 0.0469. The van der Waals surface area contributed by atoms with Gasteiger partial charge in [0.25, 0.3) is 0 Å². The number of rotatable bonds is 2. The lowest BCUT2D eigenvalue weighted by Gasteiger charge is -2.39. The molecule has 0 aliphatic carbocycles. The molecule has 126 valence electrons. The van der Waals surface area contributed by atoms with E-state index in [2.05, 4.69) is 0 Å². The van der Waals surface area contributed by atoms with Gasteiger partial charge in [0.2, 0.25) is 0 Å². The molecule has 0 saturated carbocycles. The highest BCUT2D eigenvalue weighted by atomic mass is 19.4. The molecule has 0 N–H and O–H groups in total. The maximum atomic E-state index is 12.9. The van der Waals surface area contributed by atoms with Crippen LogP contribution in [0.3, 0.4) is 0 Å². The molecule has 1 saturated heterocycles. The van der Waals surface area contributed by atoms with Crippen LogP contribution in [0, 0.1) is 23.2 Å². The van der Waals surface area contributed by atoms with Crippen molar-refractivity contribution in [1.82, 2.24) is 4.90 Å². The van der Waals surface area contributed by atoms with Crippen molar-refractivity contribution in [3.8, 4) is 6.07 Å². The van der Waals surface area contributed by atoms with E-state index in [0.717, 1.165) is 4.90 Å². The minimum atomic E-state index is -4.66. The van der Waals surface area contributed by atoms with Gasteiger partial charge < -0.3 is 0 Å². The maximum absolute atomic E-state index is 12.9. The summed E-state index contributed by atoms with van der Waals surface area (Å²) in [5.41, 5.74) is 0.840. The van der Waals surface area contributed by atoms with Gasteiger partial charge in [0, 0.05) is 19.6 Å². The molecule has 2 rings (SSSR count). The second-order valence-corrected chi connectivity index (χ2v) is 5.72. The number of hydrogen-bond acceptors (Lipinski definition) is 2. The van der Waals surface area contributed by atoms with Crippen molar-refractivity contribution in [2.75, 3.05) is 13.1 Å². The van der Waals surface area contributed by atoms with Gasteiger partial charge in [-0.1, -0.05) is 12.1 Å². The molecule has 0 bridgehead atoms. The van der Waals surface area contributed by atoms with Crippen LogP contribution in [0.25, 0.3) is 0 Å². The molecule has 1 aromatic rings. The molecule has 1 aromatic carbocycles. The molecule has 1 heterocycles. The number of alkyl halides is 6. The zero-order valence-electron chi connectivity index (χ0n) is 12.0. The summed E-state index contributed by atoms with van der Waals surface area (Å²) < 4.78 is 77.4. The van der Waals surface area contributed by atoms with Gasteiger partial charge in [-0.3, -0.25) is 4.90 Å². The summed E-state index contributed by atoms with van der Waals surface area (Å²) in [6.07, 6.45) is -10.2. The average Bonchev–Trinajstić information content (AvgIpc) is 2.45. The van der Waals surface area contributed by atoms with Gasteiger partial charge in [0.05, 0.1) is 23.5 Å². The van der Waals surface area contributed by atoms with E-state index in [1.807, 2.05) is 6.07 Å². The first-order valence-corrected chi connectivity index (χ1v) is 6.94. The van der Waals surface area contributed by atoms with E-state index in [-0.39, 0.29) is 6.54 Å². The topological polar surface area (TPSA) is 27.0 Å². The van der Waals surface area contributed by atoms with Crippen molar-refractivity contribution >= 4 is 0 Å². The highest BCUT2D eigenvalue weighted by Gasteiger charge is 2.51. The molecule has 8 heteroatoms. The van der Waals surface area contributed by atoms with Crippen molar-refractivity contribution in [3.63, 3.8) is 0 Å². The quantitative estimate of drug-likeness (QED) is 0.760. The maximum Gasteiger partial charge on any atom is 0.393 e. The molecule has 0 aromatic heterocycles. The molecular formula is C15H14F6N2. The second-order valence-electron chi connectivity index (χ2n) is 5.72. The van der Waals surface area contributed by atoms with Crippen LogP contribution >= 0.6 is 0 Å². The van der Waals surface area contributed by atoms with Crippen LogP contribution in [0.5, 0.6) is 0 Å². The lowest BCUT2D eigenvalue weighted by Crippen LogP contribution is -2.49. The predicted molar refractivity (Wildman–Crippen MR) is 70.1 cm³/mol. The van der Waals surface area contributed by atoms with Crippen molar-refractivity contribution in [3.05, 3.63) is 35.4 Å². The zero-order chi connectivity index (χ0) is 17.3. The summed E-state index contributed by atoms with van der Waals surface area (Å²) in [7, 11) is 0. The lowest BCUT2D eigenvalue weighted by atomic mass is 9.88. The van der Waals surface area contributed by atoms with Gasteiger partial charge in [0.15, 0.2) is 0 Å². The summed E-state index contributed by atoms with van der Waals surface area (Å²) >= 11 is 0. The van der Waals surface area contributed by atoms with E-state index in [0.29, 0.717) is 11.1 Å². The van der Waals surface area contributed by atoms with Gasteiger partial charge in [-0.15, -0.1) is 0 Å². The fourth-order valence-electron chi connectivity index (χ4n) is 2.79. The molecule has 2 nitrogen and oxygen atoms in total. The number of hydrogen-bond donors (Lipinski definition) is 0. The van der Waals surface area contributed by atoms with E-state index in [4.69, 9.17) is 5.26 Å². The molecule has 0 amide bonds. The minimum Gasteiger partial charge on any atom is -0.298 e. The van der Waals surface area contributed by atoms with Crippen LogP contribution in [-0.2, 0) is 6.54 Å². The molecule has 0 spiro atoms. The van der Waals surface area contributed by atoms with Crippen molar-refractivity contribution < 1.29 is 26.3 Å². The summed E-state index contributed by atoms with van der Waals surface area (Å²) in [4.78, 5) is 1.16. The number of benzene rings is 1. The fraction of sp³-hybridized carbons (Fsp3) is 0.533. The summed E-state index contributed by atoms with van der Waals surface area (Å²) in [6, 6.07) is 8.03. The highest BCUT2D eigenvalue weighted by molar-refractivity contribution is 5.32. The predicted octanol–water partition coefficient (Wildman–Crippen LogP) is 4.12. The van der Waals surface area contributed by atoms with Crippen LogP contribution in [-0.4, -0.2) is 30.3 Å². The zero-order valence-corrected chi connectivity index (χ0v) is 12.0. The Morgan fingerprint density at radius 3 is 2.09 bits per heavy atom. The first kappa shape index (κ1) is 17.6. The van der Waals surface area contributed by atoms with Gasteiger partial charge in [0.1, 0.15) is 0 Å². The Bertz CT molecular complexity index is 565. The van der Waals surface area contributed by atoms with Crippen LogP contribution in [0.2, 0.25) is 0 Å². The fourth-order valence-corrected chi connectivity index (χ4v) is 2.79. The Balaban J connectivity index is 2.17. The van der Waals surface area contributed by atoms with Gasteiger partial charge in [-0.2, -0.15) is 31.6 Å². The van der Waals surface area contributed by atoms with Crippen LogP contribution in [0.1, 0.15) is 17.5 Å². The molecule has 1 fully saturated rings. The van der Waals surface area contributed by atoms with Gasteiger partial charge in [-0.05, 0) is 24.1 Å². The Morgan fingerprint density at radius 2 is 1.61 bits per heavy atom. The number of nitriles is 1. The Labute approximate surface area is 129 Å². The molecule has 1 aliphatic heterocycles. The Morgan fingerprint density at radius 1 is 1.04 bits per heavy atom. The first-order chi connectivity index (χ1) is 10.6. The van der Waals surface area contributed by atoms with E-state index in [1.54, 1.807) is 12.1 Å². The van der Waals surface area contributed by atoms with Crippen LogP contribution < -0.4 is 0 Å². The number of nitrogens with zero attached hydrogens (tertiary/aromatic N) is 2. The SMILES string of the molecule is N#Cc1cccc(CN2C[C@H](C(F)(F)F)C[C@H](C(F)(F)F)C2)c1. The molecule has 0 radical (unpaired) electrons. The van der Waals surface area contributed by atoms with Crippen LogP contribution in [0.4, 0.5) is 26.3 Å². The third-order valence-corrected chi connectivity index (χ3v) is 3.91. The Kier molecular flexibility index (Phi) is 4.90. The molecule has 2 atom stereocenters. The van der Waals surface area contributed by atoms with Crippen LogP contribution in [0.15, 0.2) is 24.3 Å². The Hall–Kier alpha value is -1.75. The van der Waals surface area contributed by atoms with E-state index >= 15 is 0 Å². The molecule has 1 aliphatic rings. The average molecular weight is 336 g/mol. The van der Waals surface area contributed by atoms with E-state index in [9.17, 15) is 26.3 Å². The summed E-state index contributed by atoms with van der Waals surface area (Å²) in [5.74, 6) is -4.00. The molecule has 0 unspecified atom stereocenters. The normalized spacial score (nSPS) is 23.5. The number of piperidine rings is 1. The first-order valence-electron chi connectivity index (χ1n) is 6.94. The molecular weight excluding hydrogens is 322 g/mol. The van der Waals surface area contributed by atoms with Crippen molar-refractivity contribution in [1.29, 1.82) is 5.26 Å². The smallest absolute Gasteiger partial charge is 0.298 e. The van der Waals surface area contributed by atoms with Crippen molar-refractivity contribution in [2.24, 2.45) is 11.8 Å². The number of likely N-dealkylation sites (tertiary alicyclic amines) is 1. The summed E-state index contributed by atoms with van der Waals surface area (Å²) in [5, 5.41) is 8.80. The highest BCUT2D eigenvalue weighted by Crippen LogP contribution is 2.41. The van der Waals surface area contributed by atoms with Gasteiger partial charge >= 0.3 is 12.4 Å². The van der Waals surface area contributed by atoms with Crippen molar-refractivity contribution in [2.45, 2.75) is 25.3 Å². The standard InChI is InChI=1S/C15H14F6N2/c16-14(17,18)12-5-13(15(19,20)21)9-23(8-12)7-11-3-1-2-10(4-11)6-22/h1-4,12-13H,5,7-9H2/t12-,13+. The third-order valence-electron chi connectivity index (χ3n) is 3.91. The second kappa shape index (κ2) is 6.40. The largest absolute Gasteiger partial charge is 0.393 e. The monoisotopic (exact) mass is 336 g/mol. The molecule has 23 heavy (non-hydrogen) atoms. The third kappa shape index (κ3) is 4.61. The lowest BCUT2D eigenvalue weighted by molar-refractivity contribution is -0.231. The van der Waals surface area contributed by atoms with E-state index < -0.39 is 43.7 Å². The van der Waals surface area contributed by atoms with Gasteiger partial charge in [-0.25, -0.2) is 0 Å². The number of halogens is 6. The van der Waals surface area contributed by atoms with E-state index in [1.165, 1.54) is 12.1 Å².